The number of benzene rings is 1. The minimum Gasteiger partial charge on any atom is -0.238 e. The third-order valence-corrected chi connectivity index (χ3v) is 2.03. The van der Waals surface area contributed by atoms with Gasteiger partial charge in [-0.25, -0.2) is 4.85 Å². The van der Waals surface area contributed by atoms with Crippen LogP contribution in [0.3, 0.4) is 0 Å². The van der Waals surface area contributed by atoms with Crippen molar-refractivity contribution in [2.75, 3.05) is 0 Å². The summed E-state index contributed by atoms with van der Waals surface area (Å²) in [6.45, 7) is 11.2. The number of halogens is 1. The van der Waals surface area contributed by atoms with Crippen molar-refractivity contribution in [1.82, 2.24) is 0 Å². The van der Waals surface area contributed by atoms with Crippen LogP contribution in [-0.4, -0.2) is 0 Å². The SMILES string of the molecule is [C-]#[N+]c1ccc(Cl)cc1CC(C)C. The smallest absolute Gasteiger partial charge is 0.190 e. The monoisotopic (exact) mass is 193 g/mol. The maximum atomic E-state index is 6.98. The highest BCUT2D eigenvalue weighted by Gasteiger charge is 2.04. The van der Waals surface area contributed by atoms with Crippen LogP contribution in [0.1, 0.15) is 19.4 Å². The molecule has 0 bridgehead atoms. The van der Waals surface area contributed by atoms with Gasteiger partial charge in [-0.1, -0.05) is 43.6 Å². The molecule has 0 aliphatic heterocycles. The highest BCUT2D eigenvalue weighted by Crippen LogP contribution is 2.25. The molecular weight excluding hydrogens is 182 g/mol. The van der Waals surface area contributed by atoms with Gasteiger partial charge in [0.15, 0.2) is 5.69 Å². The first-order valence-corrected chi connectivity index (χ1v) is 4.67. The van der Waals surface area contributed by atoms with Crippen molar-refractivity contribution in [2.45, 2.75) is 20.3 Å². The van der Waals surface area contributed by atoms with E-state index >= 15 is 0 Å². The second kappa shape index (κ2) is 4.30. The van der Waals surface area contributed by atoms with E-state index in [1.54, 1.807) is 12.1 Å². The van der Waals surface area contributed by atoms with Crippen molar-refractivity contribution in [3.63, 3.8) is 0 Å². The Bertz CT molecular complexity index is 336. The average Bonchev–Trinajstić information content (AvgIpc) is 2.03. The van der Waals surface area contributed by atoms with E-state index in [9.17, 15) is 0 Å². The van der Waals surface area contributed by atoms with Crippen LogP contribution in [0.25, 0.3) is 4.85 Å². The normalized spacial score (nSPS) is 10.1. The molecule has 0 unspecified atom stereocenters. The molecule has 0 aliphatic rings. The van der Waals surface area contributed by atoms with E-state index in [1.165, 1.54) is 0 Å². The topological polar surface area (TPSA) is 4.36 Å². The van der Waals surface area contributed by atoms with Crippen LogP contribution in [0, 0.1) is 12.5 Å². The Morgan fingerprint density at radius 1 is 1.46 bits per heavy atom. The molecule has 0 saturated heterocycles. The third kappa shape index (κ3) is 2.75. The standard InChI is InChI=1S/C11H12ClN/c1-8(2)6-9-7-10(12)4-5-11(9)13-3/h4-5,7-8H,6H2,1-2H3. The van der Waals surface area contributed by atoms with Gasteiger partial charge < -0.3 is 0 Å². The van der Waals surface area contributed by atoms with Crippen molar-refractivity contribution in [2.24, 2.45) is 5.92 Å². The minimum atomic E-state index is 0.555. The third-order valence-electron chi connectivity index (χ3n) is 1.79. The molecule has 0 aliphatic carbocycles. The second-order valence-corrected chi connectivity index (χ2v) is 3.92. The summed E-state index contributed by atoms with van der Waals surface area (Å²) in [6, 6.07) is 5.43. The Labute approximate surface area is 84.2 Å². The van der Waals surface area contributed by atoms with E-state index in [-0.39, 0.29) is 0 Å². The lowest BCUT2D eigenvalue weighted by Crippen LogP contribution is -1.93. The summed E-state index contributed by atoms with van der Waals surface area (Å²) < 4.78 is 0. The van der Waals surface area contributed by atoms with Gasteiger partial charge in [-0.2, -0.15) is 0 Å². The highest BCUT2D eigenvalue weighted by molar-refractivity contribution is 6.30. The maximum absolute atomic E-state index is 6.98. The van der Waals surface area contributed by atoms with Crippen LogP contribution < -0.4 is 0 Å². The van der Waals surface area contributed by atoms with Gasteiger partial charge in [0.05, 0.1) is 6.57 Å². The molecule has 1 nitrogen and oxygen atoms in total. The maximum Gasteiger partial charge on any atom is 0.190 e. The molecule has 0 N–H and O–H groups in total. The van der Waals surface area contributed by atoms with Crippen molar-refractivity contribution in [3.8, 4) is 0 Å². The lowest BCUT2D eigenvalue weighted by atomic mass is 10.0. The summed E-state index contributed by atoms with van der Waals surface area (Å²) in [7, 11) is 0. The molecular formula is C11H12ClN. The van der Waals surface area contributed by atoms with E-state index in [0.29, 0.717) is 10.9 Å². The highest BCUT2D eigenvalue weighted by atomic mass is 35.5. The van der Waals surface area contributed by atoms with E-state index in [2.05, 4.69) is 18.7 Å². The van der Waals surface area contributed by atoms with Gasteiger partial charge in [0, 0.05) is 5.02 Å². The van der Waals surface area contributed by atoms with Gasteiger partial charge in [0.2, 0.25) is 0 Å². The second-order valence-electron chi connectivity index (χ2n) is 3.48. The first-order valence-electron chi connectivity index (χ1n) is 4.29. The molecule has 0 atom stereocenters. The Morgan fingerprint density at radius 2 is 2.15 bits per heavy atom. The lowest BCUT2D eigenvalue weighted by Gasteiger charge is -2.07. The van der Waals surface area contributed by atoms with Gasteiger partial charge in [-0.3, -0.25) is 0 Å². The fraction of sp³-hybridized carbons (Fsp3) is 0.364. The van der Waals surface area contributed by atoms with Crippen LogP contribution in [0.4, 0.5) is 5.69 Å². The summed E-state index contributed by atoms with van der Waals surface area (Å²) in [4.78, 5) is 3.46. The summed E-state index contributed by atoms with van der Waals surface area (Å²) >= 11 is 5.85. The number of hydrogen-bond acceptors (Lipinski definition) is 0. The Balaban J connectivity index is 3.03. The van der Waals surface area contributed by atoms with Gasteiger partial charge in [0.25, 0.3) is 0 Å². The fourth-order valence-corrected chi connectivity index (χ4v) is 1.46. The number of hydrogen-bond donors (Lipinski definition) is 0. The van der Waals surface area contributed by atoms with E-state index < -0.39 is 0 Å². The molecule has 0 saturated carbocycles. The van der Waals surface area contributed by atoms with E-state index in [0.717, 1.165) is 17.7 Å². The van der Waals surface area contributed by atoms with Crippen molar-refractivity contribution in [1.29, 1.82) is 0 Å². The number of nitrogens with zero attached hydrogens (tertiary/aromatic N) is 1. The van der Waals surface area contributed by atoms with Crippen LogP contribution in [0.5, 0.6) is 0 Å². The Hall–Kier alpha value is -1.00. The molecule has 13 heavy (non-hydrogen) atoms. The molecule has 68 valence electrons. The van der Waals surface area contributed by atoms with Crippen LogP contribution in [0.15, 0.2) is 18.2 Å². The summed E-state index contributed by atoms with van der Waals surface area (Å²) in [5, 5.41) is 0.711. The summed E-state index contributed by atoms with van der Waals surface area (Å²) in [5.41, 5.74) is 1.77. The molecule has 1 rings (SSSR count). The Kier molecular flexibility index (Phi) is 3.33. The average molecular weight is 194 g/mol. The first kappa shape index (κ1) is 10.1. The van der Waals surface area contributed by atoms with E-state index in [4.69, 9.17) is 18.2 Å². The predicted octanol–water partition coefficient (Wildman–Crippen LogP) is 4.09. The van der Waals surface area contributed by atoms with Crippen molar-refractivity contribution in [3.05, 3.63) is 40.2 Å². The van der Waals surface area contributed by atoms with Gasteiger partial charge in [-0.05, 0) is 17.9 Å². The molecule has 0 spiro atoms. The zero-order chi connectivity index (χ0) is 9.84. The van der Waals surface area contributed by atoms with Gasteiger partial charge in [-0.15, -0.1) is 0 Å². The molecule has 1 aromatic rings. The molecule has 0 radical (unpaired) electrons. The van der Waals surface area contributed by atoms with Gasteiger partial charge in [0.1, 0.15) is 0 Å². The molecule has 2 heteroatoms. The summed E-state index contributed by atoms with van der Waals surface area (Å²) in [6.07, 6.45) is 0.915. The lowest BCUT2D eigenvalue weighted by molar-refractivity contribution is 0.649. The van der Waals surface area contributed by atoms with Crippen molar-refractivity contribution < 1.29 is 0 Å². The van der Waals surface area contributed by atoms with Crippen LogP contribution >= 0.6 is 11.6 Å². The number of rotatable bonds is 2. The molecule has 1 aromatic carbocycles. The quantitative estimate of drug-likeness (QED) is 0.624. The first-order chi connectivity index (χ1) is 6.13. The minimum absolute atomic E-state index is 0.555. The zero-order valence-electron chi connectivity index (χ0n) is 7.84. The zero-order valence-corrected chi connectivity index (χ0v) is 8.60. The fourth-order valence-electron chi connectivity index (χ4n) is 1.27. The summed E-state index contributed by atoms with van der Waals surface area (Å²) in [5.74, 6) is 0.555. The molecule has 0 heterocycles. The van der Waals surface area contributed by atoms with E-state index in [1.807, 2.05) is 6.07 Å². The van der Waals surface area contributed by atoms with Gasteiger partial charge >= 0.3 is 0 Å². The van der Waals surface area contributed by atoms with Crippen LogP contribution in [-0.2, 0) is 6.42 Å². The Morgan fingerprint density at radius 3 is 2.69 bits per heavy atom. The van der Waals surface area contributed by atoms with Crippen LogP contribution in [0.2, 0.25) is 5.02 Å². The molecule has 0 fully saturated rings. The van der Waals surface area contributed by atoms with Crippen molar-refractivity contribution >= 4 is 17.3 Å². The predicted molar refractivity (Wildman–Crippen MR) is 56.3 cm³/mol. The molecule has 0 amide bonds. The molecule has 0 aromatic heterocycles. The largest absolute Gasteiger partial charge is 0.238 e.